The molecule has 0 unspecified atom stereocenters. The van der Waals surface area contributed by atoms with Crippen molar-refractivity contribution in [1.29, 1.82) is 0 Å². The topological polar surface area (TPSA) is 67.6 Å². The Kier molecular flexibility index (Phi) is 9.31. The minimum atomic E-state index is 0.684. The van der Waals surface area contributed by atoms with Crippen molar-refractivity contribution >= 4 is 5.96 Å². The normalized spacial score (nSPS) is 11.5. The van der Waals surface area contributed by atoms with Gasteiger partial charge in [0.15, 0.2) is 5.96 Å². The first kappa shape index (κ1) is 21.7. The lowest BCUT2D eigenvalue weighted by Crippen LogP contribution is -2.40. The summed E-state index contributed by atoms with van der Waals surface area (Å²) in [5.74, 6) is 2.84. The van der Waals surface area contributed by atoms with Crippen LogP contribution in [0.4, 0.5) is 0 Å². The minimum absolute atomic E-state index is 0.684. The van der Waals surface area contributed by atoms with Gasteiger partial charge in [0.05, 0.1) is 6.61 Å². The maximum Gasteiger partial charge on any atom is 0.194 e. The second-order valence-electron chi connectivity index (χ2n) is 6.71. The van der Waals surface area contributed by atoms with Crippen molar-refractivity contribution in [3.05, 3.63) is 42.0 Å². The van der Waals surface area contributed by atoms with Crippen molar-refractivity contribution < 1.29 is 4.74 Å². The number of nitrogens with one attached hydrogen (secondary N) is 1. The molecule has 1 aromatic carbocycles. The summed E-state index contributed by atoms with van der Waals surface area (Å²) in [5, 5.41) is 11.6. The molecule has 0 saturated carbocycles. The van der Waals surface area contributed by atoms with Gasteiger partial charge in [0.1, 0.15) is 17.9 Å². The lowest BCUT2D eigenvalue weighted by Gasteiger charge is -2.23. The highest BCUT2D eigenvalue weighted by atomic mass is 16.5. The lowest BCUT2D eigenvalue weighted by molar-refractivity contribution is 0.340. The molecule has 0 aliphatic heterocycles. The molecule has 7 heteroatoms. The van der Waals surface area contributed by atoms with E-state index in [1.807, 2.05) is 19.1 Å². The summed E-state index contributed by atoms with van der Waals surface area (Å²) in [7, 11) is 2.07. The molecule has 7 nitrogen and oxygen atoms in total. The molecule has 0 amide bonds. The van der Waals surface area contributed by atoms with Gasteiger partial charge in [-0.2, -0.15) is 0 Å². The molecule has 0 saturated heterocycles. The molecule has 0 aliphatic rings. The van der Waals surface area contributed by atoms with Crippen LogP contribution >= 0.6 is 0 Å². The number of benzene rings is 1. The van der Waals surface area contributed by atoms with Gasteiger partial charge in [-0.25, -0.2) is 0 Å². The number of guanidine groups is 1. The van der Waals surface area contributed by atoms with Gasteiger partial charge in [-0.3, -0.25) is 4.99 Å². The van der Waals surface area contributed by atoms with Crippen LogP contribution < -0.4 is 10.1 Å². The highest BCUT2D eigenvalue weighted by Gasteiger charge is 2.08. The molecule has 1 N–H and O–H groups in total. The van der Waals surface area contributed by atoms with Gasteiger partial charge in [-0.15, -0.1) is 10.2 Å². The zero-order valence-electron chi connectivity index (χ0n) is 17.7. The summed E-state index contributed by atoms with van der Waals surface area (Å²) >= 11 is 0. The second kappa shape index (κ2) is 12.0. The molecule has 0 bridgehead atoms. The smallest absolute Gasteiger partial charge is 0.194 e. The Morgan fingerprint density at radius 3 is 2.68 bits per heavy atom. The third kappa shape index (κ3) is 6.87. The van der Waals surface area contributed by atoms with Crippen molar-refractivity contribution in [2.75, 3.05) is 26.7 Å². The van der Waals surface area contributed by atoms with Crippen molar-refractivity contribution in [2.45, 2.75) is 53.1 Å². The summed E-state index contributed by atoms with van der Waals surface area (Å²) in [6.07, 6.45) is 4.90. The zero-order chi connectivity index (χ0) is 20.2. The lowest BCUT2D eigenvalue weighted by atomic mass is 10.2. The van der Waals surface area contributed by atoms with E-state index in [1.165, 1.54) is 5.56 Å². The summed E-state index contributed by atoms with van der Waals surface area (Å²) in [6, 6.07) is 8.25. The molecule has 154 valence electrons. The first-order valence-corrected chi connectivity index (χ1v) is 10.3. The van der Waals surface area contributed by atoms with E-state index in [4.69, 9.17) is 9.73 Å². The van der Waals surface area contributed by atoms with Crippen LogP contribution in [0.1, 0.15) is 45.0 Å². The molecular weight excluding hydrogens is 352 g/mol. The maximum atomic E-state index is 5.52. The fraction of sp³-hybridized carbons (Fsp3) is 0.571. The summed E-state index contributed by atoms with van der Waals surface area (Å²) in [5.41, 5.74) is 1.23. The van der Waals surface area contributed by atoms with Crippen molar-refractivity contribution in [3.63, 3.8) is 0 Å². The Bertz CT molecular complexity index is 710. The first-order chi connectivity index (χ1) is 13.7. The molecule has 0 aliphatic carbocycles. The number of hydrogen-bond donors (Lipinski definition) is 1. The number of nitrogens with zero attached hydrogens (tertiary/aromatic N) is 5. The van der Waals surface area contributed by atoms with Crippen LogP contribution in [0.25, 0.3) is 0 Å². The van der Waals surface area contributed by atoms with Gasteiger partial charge >= 0.3 is 0 Å². The highest BCUT2D eigenvalue weighted by Crippen LogP contribution is 2.13. The Morgan fingerprint density at radius 1 is 1.21 bits per heavy atom. The SMILES string of the molecule is CCCCN=C(NCCn1cnnc1CC)N(C)Cc1ccc(OCC)cc1. The fourth-order valence-electron chi connectivity index (χ4n) is 2.89. The maximum absolute atomic E-state index is 5.52. The van der Waals surface area contributed by atoms with Crippen LogP contribution in [0.3, 0.4) is 0 Å². The molecule has 2 aromatic rings. The average molecular weight is 387 g/mol. The first-order valence-electron chi connectivity index (χ1n) is 10.3. The second-order valence-corrected chi connectivity index (χ2v) is 6.71. The third-order valence-electron chi connectivity index (χ3n) is 4.44. The predicted molar refractivity (Wildman–Crippen MR) is 114 cm³/mol. The van der Waals surface area contributed by atoms with Gasteiger partial charge in [-0.1, -0.05) is 32.4 Å². The van der Waals surface area contributed by atoms with Crippen molar-refractivity contribution in [2.24, 2.45) is 4.99 Å². The molecular formula is C21H34N6O. The molecule has 1 heterocycles. The number of ether oxygens (including phenoxy) is 1. The molecule has 0 spiro atoms. The number of rotatable bonds is 11. The number of hydrogen-bond acceptors (Lipinski definition) is 4. The van der Waals surface area contributed by atoms with Crippen LogP contribution in [0.15, 0.2) is 35.6 Å². The monoisotopic (exact) mass is 386 g/mol. The van der Waals surface area contributed by atoms with E-state index in [1.54, 1.807) is 6.33 Å². The largest absolute Gasteiger partial charge is 0.494 e. The molecule has 0 radical (unpaired) electrons. The Labute approximate surface area is 168 Å². The predicted octanol–water partition coefficient (Wildman–Crippen LogP) is 3.12. The number of aromatic nitrogens is 3. The minimum Gasteiger partial charge on any atom is -0.494 e. The Hall–Kier alpha value is -2.57. The van der Waals surface area contributed by atoms with Crippen LogP contribution in [0, 0.1) is 0 Å². The Morgan fingerprint density at radius 2 is 2.00 bits per heavy atom. The third-order valence-corrected chi connectivity index (χ3v) is 4.44. The van der Waals surface area contributed by atoms with Gasteiger partial charge in [0.25, 0.3) is 0 Å². The number of unbranched alkanes of at least 4 members (excludes halogenated alkanes) is 1. The number of aliphatic imine (C=N–C) groups is 1. The fourth-order valence-corrected chi connectivity index (χ4v) is 2.89. The van der Waals surface area contributed by atoms with Crippen LogP contribution in [-0.2, 0) is 19.5 Å². The van der Waals surface area contributed by atoms with Crippen LogP contribution in [-0.4, -0.2) is 52.4 Å². The van der Waals surface area contributed by atoms with E-state index in [2.05, 4.69) is 58.0 Å². The van der Waals surface area contributed by atoms with E-state index in [9.17, 15) is 0 Å². The molecule has 2 rings (SSSR count). The quantitative estimate of drug-likeness (QED) is 0.365. The van der Waals surface area contributed by atoms with E-state index >= 15 is 0 Å². The standard InChI is InChI=1S/C21H34N6O/c1-5-8-13-22-21(23-14-15-27-17-24-25-20(27)6-2)26(4)16-18-9-11-19(12-10-18)28-7-3/h9-12,17H,5-8,13-16H2,1-4H3,(H,22,23). The van der Waals surface area contributed by atoms with E-state index in [0.717, 1.165) is 63.0 Å². The molecule has 0 atom stereocenters. The van der Waals surface area contributed by atoms with Crippen LogP contribution in [0.2, 0.25) is 0 Å². The van der Waals surface area contributed by atoms with E-state index in [0.29, 0.717) is 6.61 Å². The number of aryl methyl sites for hydroxylation is 1. The molecule has 1 aromatic heterocycles. The van der Waals surface area contributed by atoms with E-state index < -0.39 is 0 Å². The Balaban J connectivity index is 1.95. The summed E-state index contributed by atoms with van der Waals surface area (Å²) < 4.78 is 7.61. The van der Waals surface area contributed by atoms with Crippen LogP contribution in [0.5, 0.6) is 5.75 Å². The van der Waals surface area contributed by atoms with Gasteiger partial charge in [-0.05, 0) is 31.0 Å². The summed E-state index contributed by atoms with van der Waals surface area (Å²) in [4.78, 5) is 6.95. The molecule has 0 fully saturated rings. The summed E-state index contributed by atoms with van der Waals surface area (Å²) in [6.45, 7) is 10.2. The van der Waals surface area contributed by atoms with Gasteiger partial charge in [0.2, 0.25) is 0 Å². The highest BCUT2D eigenvalue weighted by molar-refractivity contribution is 5.79. The van der Waals surface area contributed by atoms with Crippen molar-refractivity contribution in [3.8, 4) is 5.75 Å². The van der Waals surface area contributed by atoms with Gasteiger partial charge < -0.3 is 19.5 Å². The van der Waals surface area contributed by atoms with Gasteiger partial charge in [0, 0.05) is 39.6 Å². The van der Waals surface area contributed by atoms with Crippen molar-refractivity contribution in [1.82, 2.24) is 25.0 Å². The zero-order valence-corrected chi connectivity index (χ0v) is 17.7. The average Bonchev–Trinajstić information content (AvgIpc) is 3.16. The molecule has 28 heavy (non-hydrogen) atoms. The van der Waals surface area contributed by atoms with E-state index in [-0.39, 0.29) is 0 Å².